The van der Waals surface area contributed by atoms with Crippen LogP contribution in [0.15, 0.2) is 16.5 Å². The fourth-order valence-corrected chi connectivity index (χ4v) is 0.882. The maximum absolute atomic E-state index is 9.92. The monoisotopic (exact) mass is 186 g/mol. The first kappa shape index (κ1) is 9.53. The molecule has 0 fully saturated rings. The van der Waals surface area contributed by atoms with Crippen LogP contribution in [0.25, 0.3) is 0 Å². The summed E-state index contributed by atoms with van der Waals surface area (Å²) >= 11 is 0. The molecule has 2 N–H and O–H groups in total. The second-order valence-electron chi connectivity index (χ2n) is 2.41. The number of rotatable bonds is 4. The normalized spacial score (nSPS) is 12.5. The van der Waals surface area contributed by atoms with Gasteiger partial charge in [0.05, 0.1) is 0 Å². The Labute approximate surface area is 74.4 Å². The van der Waals surface area contributed by atoms with E-state index in [1.54, 1.807) is 12.1 Å². The Morgan fingerprint density at radius 1 is 1.77 bits per heavy atom. The third-order valence-corrected chi connectivity index (χ3v) is 1.51. The zero-order valence-corrected chi connectivity index (χ0v) is 7.10. The quantitative estimate of drug-likeness (QED) is 0.430. The zero-order valence-electron chi connectivity index (χ0n) is 7.10. The molecule has 0 bridgehead atoms. The standard InChI is InChI=1S/C7H10N2O4/c1-2-5-3-4-6(12-5)7(8)13-9(10)11/h3-4,7H,2,8H2,1H3. The molecule has 0 amide bonds. The fourth-order valence-electron chi connectivity index (χ4n) is 0.882. The Morgan fingerprint density at radius 2 is 2.46 bits per heavy atom. The van der Waals surface area contributed by atoms with E-state index in [1.807, 2.05) is 6.92 Å². The first-order chi connectivity index (χ1) is 6.13. The highest BCUT2D eigenvalue weighted by molar-refractivity contribution is 5.08. The van der Waals surface area contributed by atoms with Crippen molar-refractivity contribution in [2.75, 3.05) is 0 Å². The SMILES string of the molecule is CCc1ccc(C(N)O[N+](=O)[O-])o1. The predicted octanol–water partition coefficient (Wildman–Crippen LogP) is 1.01. The molecule has 72 valence electrons. The topological polar surface area (TPSA) is 91.5 Å². The summed E-state index contributed by atoms with van der Waals surface area (Å²) in [5.74, 6) is 0.978. The van der Waals surface area contributed by atoms with E-state index < -0.39 is 11.3 Å². The average Bonchev–Trinajstić information content (AvgIpc) is 2.50. The highest BCUT2D eigenvalue weighted by Gasteiger charge is 2.13. The lowest BCUT2D eigenvalue weighted by atomic mass is 10.3. The van der Waals surface area contributed by atoms with Crippen molar-refractivity contribution in [3.05, 3.63) is 33.8 Å². The predicted molar refractivity (Wildman–Crippen MR) is 43.1 cm³/mol. The van der Waals surface area contributed by atoms with Crippen molar-refractivity contribution in [3.63, 3.8) is 0 Å². The zero-order chi connectivity index (χ0) is 9.84. The van der Waals surface area contributed by atoms with Gasteiger partial charge in [-0.25, -0.2) is 0 Å². The van der Waals surface area contributed by atoms with E-state index in [0.717, 1.165) is 5.76 Å². The molecule has 0 saturated carbocycles. The van der Waals surface area contributed by atoms with Gasteiger partial charge in [-0.15, -0.1) is 10.1 Å². The lowest BCUT2D eigenvalue weighted by molar-refractivity contribution is -0.771. The Balaban J connectivity index is 2.65. The molecular weight excluding hydrogens is 176 g/mol. The number of hydrogen-bond acceptors (Lipinski definition) is 5. The smallest absolute Gasteiger partial charge is 0.296 e. The van der Waals surface area contributed by atoms with Crippen molar-refractivity contribution < 1.29 is 14.3 Å². The molecule has 0 radical (unpaired) electrons. The molecule has 0 saturated heterocycles. The maximum Gasteiger partial charge on any atom is 0.296 e. The Morgan fingerprint density at radius 3 is 2.92 bits per heavy atom. The van der Waals surface area contributed by atoms with E-state index in [-0.39, 0.29) is 5.76 Å². The van der Waals surface area contributed by atoms with Crippen molar-refractivity contribution >= 4 is 0 Å². The molecule has 1 unspecified atom stereocenters. The van der Waals surface area contributed by atoms with Crippen molar-refractivity contribution in [1.82, 2.24) is 0 Å². The number of nitrogens with two attached hydrogens (primary N) is 1. The molecule has 1 atom stereocenters. The molecule has 1 heterocycles. The summed E-state index contributed by atoms with van der Waals surface area (Å²) < 4.78 is 5.14. The lowest BCUT2D eigenvalue weighted by Gasteiger charge is -2.04. The first-order valence-corrected chi connectivity index (χ1v) is 3.79. The number of aryl methyl sites for hydroxylation is 1. The van der Waals surface area contributed by atoms with Crippen LogP contribution in [0.1, 0.15) is 24.7 Å². The molecule has 0 spiro atoms. The van der Waals surface area contributed by atoms with Gasteiger partial charge in [0.15, 0.2) is 0 Å². The Hall–Kier alpha value is -1.56. The van der Waals surface area contributed by atoms with E-state index in [0.29, 0.717) is 6.42 Å². The third kappa shape index (κ3) is 2.45. The first-order valence-electron chi connectivity index (χ1n) is 3.79. The molecular formula is C7H10N2O4. The summed E-state index contributed by atoms with van der Waals surface area (Å²) in [4.78, 5) is 14.0. The molecule has 0 aliphatic heterocycles. The van der Waals surface area contributed by atoms with Crippen LogP contribution in [0, 0.1) is 10.1 Å². The van der Waals surface area contributed by atoms with Crippen LogP contribution in [0.4, 0.5) is 0 Å². The van der Waals surface area contributed by atoms with E-state index in [1.165, 1.54) is 0 Å². The van der Waals surface area contributed by atoms with Gasteiger partial charge in [-0.2, -0.15) is 0 Å². The van der Waals surface area contributed by atoms with Gasteiger partial charge in [-0.3, -0.25) is 10.6 Å². The number of nitrogens with zero attached hydrogens (tertiary/aromatic N) is 1. The van der Waals surface area contributed by atoms with Gasteiger partial charge in [0, 0.05) is 6.42 Å². The molecule has 1 aromatic heterocycles. The van der Waals surface area contributed by atoms with Crippen molar-refractivity contribution in [2.24, 2.45) is 5.73 Å². The van der Waals surface area contributed by atoms with Crippen LogP contribution in [0.5, 0.6) is 0 Å². The van der Waals surface area contributed by atoms with Crippen LogP contribution in [-0.4, -0.2) is 5.09 Å². The van der Waals surface area contributed by atoms with Crippen molar-refractivity contribution in [3.8, 4) is 0 Å². The van der Waals surface area contributed by atoms with Crippen LogP contribution in [0.3, 0.4) is 0 Å². The number of furan rings is 1. The average molecular weight is 186 g/mol. The molecule has 1 rings (SSSR count). The summed E-state index contributed by atoms with van der Waals surface area (Å²) in [6.45, 7) is 1.91. The summed E-state index contributed by atoms with van der Waals surface area (Å²) in [7, 11) is 0. The lowest BCUT2D eigenvalue weighted by Crippen LogP contribution is -2.17. The van der Waals surface area contributed by atoms with Crippen LogP contribution >= 0.6 is 0 Å². The maximum atomic E-state index is 9.92. The van der Waals surface area contributed by atoms with Crippen LogP contribution in [-0.2, 0) is 11.3 Å². The minimum Gasteiger partial charge on any atom is -0.462 e. The summed E-state index contributed by atoms with van der Waals surface area (Å²) in [5.41, 5.74) is 5.31. The Bertz CT molecular complexity index is 296. The third-order valence-electron chi connectivity index (χ3n) is 1.51. The summed E-state index contributed by atoms with van der Waals surface area (Å²) in [6, 6.07) is 3.27. The van der Waals surface area contributed by atoms with Gasteiger partial charge in [0.25, 0.3) is 5.09 Å². The fraction of sp³-hybridized carbons (Fsp3) is 0.429. The minimum absolute atomic E-state index is 0.258. The highest BCUT2D eigenvalue weighted by Crippen LogP contribution is 2.15. The van der Waals surface area contributed by atoms with Gasteiger partial charge in [0.2, 0.25) is 6.23 Å². The van der Waals surface area contributed by atoms with E-state index in [4.69, 9.17) is 10.2 Å². The van der Waals surface area contributed by atoms with Gasteiger partial charge in [0.1, 0.15) is 11.5 Å². The van der Waals surface area contributed by atoms with E-state index in [9.17, 15) is 10.1 Å². The van der Waals surface area contributed by atoms with Crippen LogP contribution in [0.2, 0.25) is 0 Å². The largest absolute Gasteiger partial charge is 0.462 e. The minimum atomic E-state index is -1.14. The van der Waals surface area contributed by atoms with Gasteiger partial charge in [-0.05, 0) is 12.1 Å². The van der Waals surface area contributed by atoms with Crippen LogP contribution < -0.4 is 5.73 Å². The molecule has 0 aromatic carbocycles. The van der Waals surface area contributed by atoms with Crippen molar-refractivity contribution in [1.29, 1.82) is 0 Å². The van der Waals surface area contributed by atoms with E-state index >= 15 is 0 Å². The molecule has 0 aliphatic carbocycles. The molecule has 6 nitrogen and oxygen atoms in total. The second kappa shape index (κ2) is 3.90. The molecule has 6 heteroatoms. The van der Waals surface area contributed by atoms with Crippen molar-refractivity contribution in [2.45, 2.75) is 19.6 Å². The molecule has 13 heavy (non-hydrogen) atoms. The van der Waals surface area contributed by atoms with Gasteiger partial charge >= 0.3 is 0 Å². The van der Waals surface area contributed by atoms with E-state index in [2.05, 4.69) is 4.84 Å². The number of hydrogen-bond donors (Lipinski definition) is 1. The summed E-state index contributed by atoms with van der Waals surface area (Å²) in [5, 5.41) is 8.98. The Kier molecular flexibility index (Phi) is 2.86. The molecule has 0 aliphatic rings. The second-order valence-corrected chi connectivity index (χ2v) is 2.41. The molecule has 1 aromatic rings. The van der Waals surface area contributed by atoms with Gasteiger partial charge in [-0.1, -0.05) is 6.92 Å². The summed E-state index contributed by atoms with van der Waals surface area (Å²) in [6.07, 6.45) is -0.430. The highest BCUT2D eigenvalue weighted by atomic mass is 17.0. The van der Waals surface area contributed by atoms with Gasteiger partial charge < -0.3 is 4.42 Å².